The third-order valence-corrected chi connectivity index (χ3v) is 7.93. The van der Waals surface area contributed by atoms with Crippen LogP contribution in [0.15, 0.2) is 28.6 Å². The van der Waals surface area contributed by atoms with E-state index in [1.165, 1.54) is 50.5 Å². The van der Waals surface area contributed by atoms with Crippen LogP contribution >= 0.6 is 0 Å². The van der Waals surface area contributed by atoms with E-state index in [0.29, 0.717) is 16.7 Å². The van der Waals surface area contributed by atoms with Crippen molar-refractivity contribution in [2.24, 2.45) is 22.7 Å². The molecule has 0 bridgehead atoms. The van der Waals surface area contributed by atoms with Gasteiger partial charge >= 0.3 is 0 Å². The normalized spacial score (nSPS) is 31.8. The summed E-state index contributed by atoms with van der Waals surface area (Å²) in [5.74, 6) is 1.59. The van der Waals surface area contributed by atoms with Gasteiger partial charge in [0, 0.05) is 12.2 Å². The van der Waals surface area contributed by atoms with Crippen molar-refractivity contribution in [3.63, 3.8) is 0 Å². The molecule has 1 spiro atoms. The third kappa shape index (κ3) is 4.72. The lowest BCUT2D eigenvalue weighted by molar-refractivity contribution is 0.000127. The highest BCUT2D eigenvalue weighted by atomic mass is 28.3. The third-order valence-electron chi connectivity index (χ3n) is 7.07. The Hall–Kier alpha value is -0.803. The van der Waals surface area contributed by atoms with Crippen molar-refractivity contribution in [2.75, 3.05) is 6.61 Å². The van der Waals surface area contributed by atoms with Crippen molar-refractivity contribution in [2.45, 2.75) is 78.8 Å². The first-order valence-corrected chi connectivity index (χ1v) is 13.4. The van der Waals surface area contributed by atoms with Gasteiger partial charge in [-0.25, -0.2) is 0 Å². The Morgan fingerprint density at radius 3 is 2.54 bits per heavy atom. The Balaban J connectivity index is 1.72. The summed E-state index contributed by atoms with van der Waals surface area (Å²) in [5, 5.41) is 0. The molecule has 2 fully saturated rings. The van der Waals surface area contributed by atoms with Crippen LogP contribution < -0.4 is 0 Å². The first kappa shape index (κ1) is 19.9. The maximum absolute atomic E-state index is 6.28. The SMILES string of the molecule is C[SiH](C)OCC1CC(=Cc2ccoc2)CCC12CCC(C(C)(C)C)CC2. The lowest BCUT2D eigenvalue weighted by Crippen LogP contribution is -2.42. The average Bonchev–Trinajstić information content (AvgIpc) is 3.08. The van der Waals surface area contributed by atoms with E-state index in [-0.39, 0.29) is 0 Å². The van der Waals surface area contributed by atoms with E-state index in [2.05, 4.69) is 46.0 Å². The molecular formula is C23H38O2Si. The van der Waals surface area contributed by atoms with Crippen molar-refractivity contribution in [3.8, 4) is 0 Å². The summed E-state index contributed by atoms with van der Waals surface area (Å²) >= 11 is 0. The van der Waals surface area contributed by atoms with Crippen molar-refractivity contribution in [1.82, 2.24) is 0 Å². The number of furan rings is 1. The minimum atomic E-state index is -0.965. The summed E-state index contributed by atoms with van der Waals surface area (Å²) in [6.45, 7) is 12.9. The minimum Gasteiger partial charge on any atom is -0.472 e. The Morgan fingerprint density at radius 2 is 1.96 bits per heavy atom. The van der Waals surface area contributed by atoms with E-state index >= 15 is 0 Å². The van der Waals surface area contributed by atoms with Crippen LogP contribution in [0, 0.1) is 22.7 Å². The molecule has 2 nitrogen and oxygen atoms in total. The summed E-state index contributed by atoms with van der Waals surface area (Å²) in [7, 11) is -0.965. The Morgan fingerprint density at radius 1 is 1.23 bits per heavy atom. The molecule has 0 aliphatic heterocycles. The molecule has 146 valence electrons. The van der Waals surface area contributed by atoms with Crippen LogP contribution in [0.1, 0.15) is 71.3 Å². The highest BCUT2D eigenvalue weighted by Crippen LogP contribution is 2.55. The van der Waals surface area contributed by atoms with Gasteiger partial charge in [-0.2, -0.15) is 0 Å². The summed E-state index contributed by atoms with van der Waals surface area (Å²) in [6, 6.07) is 2.07. The molecule has 26 heavy (non-hydrogen) atoms. The van der Waals surface area contributed by atoms with E-state index in [4.69, 9.17) is 8.84 Å². The van der Waals surface area contributed by atoms with E-state index in [1.807, 2.05) is 6.26 Å². The first-order valence-electron chi connectivity index (χ1n) is 10.6. The monoisotopic (exact) mass is 374 g/mol. The molecule has 0 radical (unpaired) electrons. The topological polar surface area (TPSA) is 22.4 Å². The molecule has 2 aliphatic carbocycles. The fourth-order valence-electron chi connectivity index (χ4n) is 5.23. The van der Waals surface area contributed by atoms with E-state index in [9.17, 15) is 0 Å². The molecule has 1 aromatic rings. The van der Waals surface area contributed by atoms with E-state index in [0.717, 1.165) is 12.5 Å². The second kappa shape index (κ2) is 8.06. The molecule has 1 atom stereocenters. The molecule has 0 saturated heterocycles. The van der Waals surface area contributed by atoms with Gasteiger partial charge in [0.15, 0.2) is 9.04 Å². The molecule has 2 saturated carbocycles. The standard InChI is InChI=1S/C23H38O2Si/c1-22(2,3)20-7-11-23(12-8-20)10-6-18(14-19-9-13-24-16-19)15-21(23)17-25-26(4)5/h9,13-14,16,20-21,26H,6-8,10-12,15,17H2,1-5H3. The average molecular weight is 375 g/mol. The van der Waals surface area contributed by atoms with Gasteiger partial charge < -0.3 is 8.84 Å². The molecule has 2 aliphatic rings. The highest BCUT2D eigenvalue weighted by molar-refractivity contribution is 6.48. The van der Waals surface area contributed by atoms with Gasteiger partial charge in [-0.15, -0.1) is 0 Å². The molecule has 1 heterocycles. The number of hydrogen-bond acceptors (Lipinski definition) is 2. The van der Waals surface area contributed by atoms with Crippen LogP contribution in [0.3, 0.4) is 0 Å². The predicted octanol–water partition coefficient (Wildman–Crippen LogP) is 6.69. The van der Waals surface area contributed by atoms with Gasteiger partial charge in [0.1, 0.15) is 0 Å². The van der Waals surface area contributed by atoms with Crippen LogP contribution in [0.25, 0.3) is 6.08 Å². The number of allylic oxidation sites excluding steroid dienone is 1. The van der Waals surface area contributed by atoms with Gasteiger partial charge in [0.2, 0.25) is 0 Å². The van der Waals surface area contributed by atoms with Crippen LogP contribution in [-0.4, -0.2) is 15.6 Å². The number of rotatable bonds is 4. The Kier molecular flexibility index (Phi) is 6.18. The smallest absolute Gasteiger partial charge is 0.170 e. The van der Waals surface area contributed by atoms with Gasteiger partial charge in [-0.05, 0) is 86.8 Å². The fourth-order valence-corrected chi connectivity index (χ4v) is 5.85. The van der Waals surface area contributed by atoms with Gasteiger partial charge in [0.05, 0.1) is 12.5 Å². The Labute approximate surface area is 162 Å². The molecular weight excluding hydrogens is 336 g/mol. The Bertz CT molecular complexity index is 586. The summed E-state index contributed by atoms with van der Waals surface area (Å²) < 4.78 is 11.5. The molecule has 0 N–H and O–H groups in total. The zero-order valence-corrected chi connectivity index (χ0v) is 18.7. The maximum atomic E-state index is 6.28. The van der Waals surface area contributed by atoms with E-state index < -0.39 is 9.04 Å². The second-order valence-electron chi connectivity index (χ2n) is 10.1. The van der Waals surface area contributed by atoms with Gasteiger partial charge in [-0.3, -0.25) is 0 Å². The maximum Gasteiger partial charge on any atom is 0.170 e. The lowest BCUT2D eigenvalue weighted by Gasteiger charge is -2.51. The van der Waals surface area contributed by atoms with Gasteiger partial charge in [0.25, 0.3) is 0 Å². The molecule has 1 aromatic heterocycles. The van der Waals surface area contributed by atoms with Crippen molar-refractivity contribution in [3.05, 3.63) is 29.7 Å². The minimum absolute atomic E-state index is 0.458. The highest BCUT2D eigenvalue weighted by Gasteiger charge is 2.45. The zero-order chi connectivity index (χ0) is 18.8. The molecule has 0 aromatic carbocycles. The first-order chi connectivity index (χ1) is 12.3. The van der Waals surface area contributed by atoms with Crippen molar-refractivity contribution < 1.29 is 8.84 Å². The molecule has 3 rings (SSSR count). The van der Waals surface area contributed by atoms with Crippen LogP contribution in [-0.2, 0) is 4.43 Å². The molecule has 1 unspecified atom stereocenters. The molecule has 0 amide bonds. The summed E-state index contributed by atoms with van der Waals surface area (Å²) in [6.07, 6.45) is 15.4. The quantitative estimate of drug-likeness (QED) is 0.548. The lowest BCUT2D eigenvalue weighted by atomic mass is 9.55. The molecule has 3 heteroatoms. The van der Waals surface area contributed by atoms with Crippen molar-refractivity contribution in [1.29, 1.82) is 0 Å². The van der Waals surface area contributed by atoms with Crippen LogP contribution in [0.4, 0.5) is 0 Å². The fraction of sp³-hybridized carbons (Fsp3) is 0.739. The van der Waals surface area contributed by atoms with Crippen LogP contribution in [0.5, 0.6) is 0 Å². The summed E-state index contributed by atoms with van der Waals surface area (Å²) in [5.41, 5.74) is 3.79. The largest absolute Gasteiger partial charge is 0.472 e. The number of hydrogen-bond donors (Lipinski definition) is 0. The van der Waals surface area contributed by atoms with Crippen molar-refractivity contribution >= 4 is 15.1 Å². The second-order valence-corrected chi connectivity index (χ2v) is 12.6. The van der Waals surface area contributed by atoms with E-state index in [1.54, 1.807) is 11.8 Å². The van der Waals surface area contributed by atoms with Crippen LogP contribution in [0.2, 0.25) is 13.1 Å². The predicted molar refractivity (Wildman–Crippen MR) is 113 cm³/mol. The summed E-state index contributed by atoms with van der Waals surface area (Å²) in [4.78, 5) is 0. The zero-order valence-electron chi connectivity index (χ0n) is 17.5. The van der Waals surface area contributed by atoms with Gasteiger partial charge in [-0.1, -0.05) is 32.4 Å².